The van der Waals surface area contributed by atoms with Gasteiger partial charge in [-0.3, -0.25) is 0 Å². The fraction of sp³-hybridized carbons (Fsp3) is 0.259. The molecule has 0 N–H and O–H groups in total. The predicted molar refractivity (Wildman–Crippen MR) is 134 cm³/mol. The second-order valence-electron chi connectivity index (χ2n) is 7.95. The van der Waals surface area contributed by atoms with Crippen molar-refractivity contribution < 1.29 is 18.9 Å². The zero-order valence-electron chi connectivity index (χ0n) is 19.0. The summed E-state index contributed by atoms with van der Waals surface area (Å²) in [5, 5.41) is 3.59. The molecule has 0 aliphatic carbocycles. The molecule has 0 bridgehead atoms. The summed E-state index contributed by atoms with van der Waals surface area (Å²) in [7, 11) is 3.38. The van der Waals surface area contributed by atoms with Crippen LogP contribution in [0.1, 0.15) is 25.0 Å². The van der Waals surface area contributed by atoms with Crippen LogP contribution in [-0.4, -0.2) is 20.3 Å². The third-order valence-electron chi connectivity index (χ3n) is 5.37. The van der Waals surface area contributed by atoms with Crippen LogP contribution in [0.2, 0.25) is 0 Å². The molecule has 0 spiro atoms. The molecule has 0 aromatic heterocycles. The molecule has 32 heavy (non-hydrogen) atoms. The summed E-state index contributed by atoms with van der Waals surface area (Å²) in [5.41, 5.74) is 2.16. The summed E-state index contributed by atoms with van der Waals surface area (Å²) in [4.78, 5) is 0. The van der Waals surface area contributed by atoms with Crippen LogP contribution in [0.25, 0.3) is 21.5 Å². The summed E-state index contributed by atoms with van der Waals surface area (Å²) in [6.45, 7) is 6.53. The van der Waals surface area contributed by atoms with E-state index in [4.69, 9.17) is 18.9 Å². The molecule has 166 valence electrons. The first-order valence-corrected chi connectivity index (χ1v) is 11.4. The molecule has 0 atom stereocenters. The van der Waals surface area contributed by atoms with Crippen LogP contribution >= 0.6 is 15.9 Å². The van der Waals surface area contributed by atoms with E-state index in [0.29, 0.717) is 12.4 Å². The van der Waals surface area contributed by atoms with Crippen LogP contribution in [-0.2, 0) is 6.61 Å². The van der Waals surface area contributed by atoms with Crippen molar-refractivity contribution >= 4 is 37.5 Å². The van der Waals surface area contributed by atoms with Gasteiger partial charge < -0.3 is 18.9 Å². The summed E-state index contributed by atoms with van der Waals surface area (Å²) < 4.78 is 25.4. The van der Waals surface area contributed by atoms with E-state index in [0.717, 1.165) is 54.4 Å². The van der Waals surface area contributed by atoms with Crippen molar-refractivity contribution in [3.63, 3.8) is 0 Å². The highest BCUT2D eigenvalue weighted by molar-refractivity contribution is 9.10. The molecule has 4 nitrogen and oxygen atoms in total. The summed E-state index contributed by atoms with van der Waals surface area (Å²) in [6, 6.07) is 18.2. The van der Waals surface area contributed by atoms with E-state index in [1.165, 1.54) is 0 Å². The number of hydrogen-bond donors (Lipinski definition) is 0. The van der Waals surface area contributed by atoms with Gasteiger partial charge >= 0.3 is 0 Å². The van der Waals surface area contributed by atoms with Gasteiger partial charge in [0.1, 0.15) is 29.6 Å². The van der Waals surface area contributed by atoms with E-state index in [9.17, 15) is 0 Å². The molecular weight excluding hydrogens is 468 g/mol. The summed E-state index contributed by atoms with van der Waals surface area (Å²) in [6.07, 6.45) is -0.00716. The van der Waals surface area contributed by atoms with Crippen LogP contribution < -0.4 is 18.9 Å². The van der Waals surface area contributed by atoms with Crippen molar-refractivity contribution in [1.82, 2.24) is 0 Å². The third-order valence-corrected chi connectivity index (χ3v) is 6.36. The van der Waals surface area contributed by atoms with Crippen molar-refractivity contribution in [2.45, 2.75) is 33.5 Å². The molecule has 0 amide bonds. The topological polar surface area (TPSA) is 36.9 Å². The number of halogens is 1. The lowest BCUT2D eigenvalue weighted by molar-refractivity contribution is 0.243. The Morgan fingerprint density at radius 3 is 2.19 bits per heavy atom. The van der Waals surface area contributed by atoms with E-state index in [1.54, 1.807) is 14.2 Å². The van der Waals surface area contributed by atoms with E-state index < -0.39 is 0 Å². The van der Waals surface area contributed by atoms with Crippen molar-refractivity contribution in [2.75, 3.05) is 14.2 Å². The van der Waals surface area contributed by atoms with Gasteiger partial charge in [-0.1, -0.05) is 42.5 Å². The Kier molecular flexibility index (Phi) is 6.47. The Morgan fingerprint density at radius 1 is 0.812 bits per heavy atom. The Bertz CT molecular complexity index is 1270. The Morgan fingerprint density at radius 2 is 1.53 bits per heavy atom. The molecular formula is C27H27BrO4. The average Bonchev–Trinajstić information content (AvgIpc) is 2.79. The minimum Gasteiger partial charge on any atom is -0.495 e. The number of benzene rings is 4. The van der Waals surface area contributed by atoms with Gasteiger partial charge in [-0.25, -0.2) is 0 Å². The molecule has 0 aliphatic rings. The second-order valence-corrected chi connectivity index (χ2v) is 8.74. The zero-order chi connectivity index (χ0) is 22.8. The molecule has 4 aromatic carbocycles. The molecule has 4 aromatic rings. The second kappa shape index (κ2) is 9.29. The maximum atomic E-state index is 6.28. The van der Waals surface area contributed by atoms with Gasteiger partial charge in [0.25, 0.3) is 0 Å². The maximum absolute atomic E-state index is 6.28. The van der Waals surface area contributed by atoms with E-state index in [1.807, 2.05) is 69.3 Å². The monoisotopic (exact) mass is 494 g/mol. The molecule has 0 aliphatic heterocycles. The van der Waals surface area contributed by atoms with Gasteiger partial charge in [-0.05, 0) is 60.0 Å². The number of ether oxygens (including phenoxy) is 4. The molecule has 0 fully saturated rings. The standard InChI is InChI=1S/C27H27BrO4/c1-16(2)32-27-23-20(14-17(3)24(27)28)25(29-4)19-12-9-13-21(22(19)26(23)30-5)31-15-18-10-7-6-8-11-18/h6-14,16H,15H2,1-5H3. The van der Waals surface area contributed by atoms with E-state index in [2.05, 4.69) is 22.0 Å². The average molecular weight is 495 g/mol. The van der Waals surface area contributed by atoms with Gasteiger partial charge in [-0.15, -0.1) is 0 Å². The first kappa shape index (κ1) is 22.3. The lowest BCUT2D eigenvalue weighted by Gasteiger charge is -2.22. The van der Waals surface area contributed by atoms with E-state index in [-0.39, 0.29) is 6.10 Å². The highest BCUT2D eigenvalue weighted by atomic mass is 79.9. The van der Waals surface area contributed by atoms with Crippen molar-refractivity contribution in [2.24, 2.45) is 0 Å². The molecule has 0 unspecified atom stereocenters. The Hall–Kier alpha value is -2.92. The lowest BCUT2D eigenvalue weighted by atomic mass is 9.97. The highest BCUT2D eigenvalue weighted by Crippen LogP contribution is 2.52. The van der Waals surface area contributed by atoms with Gasteiger partial charge in [-0.2, -0.15) is 0 Å². The minimum absolute atomic E-state index is 0.00716. The van der Waals surface area contributed by atoms with Crippen LogP contribution in [0.4, 0.5) is 0 Å². The van der Waals surface area contributed by atoms with Crippen molar-refractivity contribution in [3.05, 3.63) is 70.2 Å². The van der Waals surface area contributed by atoms with Crippen LogP contribution in [0.3, 0.4) is 0 Å². The lowest BCUT2D eigenvalue weighted by Crippen LogP contribution is -2.08. The molecule has 0 saturated carbocycles. The molecule has 0 heterocycles. The Labute approximate surface area is 197 Å². The van der Waals surface area contributed by atoms with Crippen LogP contribution in [0, 0.1) is 6.92 Å². The Balaban J connectivity index is 2.04. The van der Waals surface area contributed by atoms with Crippen molar-refractivity contribution in [3.8, 4) is 23.0 Å². The number of hydrogen-bond acceptors (Lipinski definition) is 4. The maximum Gasteiger partial charge on any atom is 0.145 e. The van der Waals surface area contributed by atoms with Gasteiger partial charge in [0.15, 0.2) is 0 Å². The number of aryl methyl sites for hydroxylation is 1. The van der Waals surface area contributed by atoms with Crippen molar-refractivity contribution in [1.29, 1.82) is 0 Å². The number of rotatable bonds is 7. The summed E-state index contributed by atoms with van der Waals surface area (Å²) >= 11 is 3.73. The zero-order valence-corrected chi connectivity index (χ0v) is 20.6. The largest absolute Gasteiger partial charge is 0.495 e. The predicted octanol–water partition coefficient (Wildman–Crippen LogP) is 7.45. The normalized spacial score (nSPS) is 11.2. The SMILES string of the molecule is COc1c2cccc(OCc3ccccc3)c2c(OC)c2c(OC(C)C)c(Br)c(C)cc12. The smallest absolute Gasteiger partial charge is 0.145 e. The number of fused-ring (bicyclic) bond motifs is 2. The van der Waals surface area contributed by atoms with Crippen LogP contribution in [0.15, 0.2) is 59.1 Å². The highest BCUT2D eigenvalue weighted by Gasteiger charge is 2.24. The van der Waals surface area contributed by atoms with E-state index >= 15 is 0 Å². The summed E-state index contributed by atoms with van der Waals surface area (Å²) in [5.74, 6) is 2.95. The molecule has 4 rings (SSSR count). The minimum atomic E-state index is -0.00716. The number of methoxy groups -OCH3 is 2. The van der Waals surface area contributed by atoms with Gasteiger partial charge in [0, 0.05) is 10.8 Å². The fourth-order valence-corrected chi connectivity index (χ4v) is 4.42. The van der Waals surface area contributed by atoms with Gasteiger partial charge in [0.2, 0.25) is 0 Å². The molecule has 0 radical (unpaired) electrons. The first-order valence-electron chi connectivity index (χ1n) is 10.6. The third kappa shape index (κ3) is 3.97. The van der Waals surface area contributed by atoms with Crippen LogP contribution in [0.5, 0.6) is 23.0 Å². The quantitative estimate of drug-likeness (QED) is 0.250. The first-order chi connectivity index (χ1) is 15.5. The fourth-order valence-electron chi connectivity index (χ4n) is 4.02. The molecule has 0 saturated heterocycles. The molecule has 5 heteroatoms. The van der Waals surface area contributed by atoms with Gasteiger partial charge in [0.05, 0.1) is 35.6 Å².